The summed E-state index contributed by atoms with van der Waals surface area (Å²) >= 11 is 0. The van der Waals surface area contributed by atoms with Gasteiger partial charge < -0.3 is 4.74 Å². The van der Waals surface area contributed by atoms with E-state index in [1.807, 2.05) is 45.9 Å². The molecule has 0 heterocycles. The van der Waals surface area contributed by atoms with Crippen molar-refractivity contribution in [3.05, 3.63) is 29.3 Å². The molecule has 0 bridgehead atoms. The standard InChI is InChI=1S/C13H18O2/c1-9-6-7-11(10(2)14)8-12(9)15-13(3,4)5/h6-8H,1-5H3. The fourth-order valence-corrected chi connectivity index (χ4v) is 1.26. The van der Waals surface area contributed by atoms with Gasteiger partial charge in [-0.1, -0.05) is 12.1 Å². The van der Waals surface area contributed by atoms with Crippen LogP contribution in [-0.2, 0) is 0 Å². The van der Waals surface area contributed by atoms with Crippen LogP contribution in [-0.4, -0.2) is 11.4 Å². The van der Waals surface area contributed by atoms with Crippen LogP contribution in [0, 0.1) is 6.92 Å². The third-order valence-electron chi connectivity index (χ3n) is 2.01. The van der Waals surface area contributed by atoms with Gasteiger partial charge in [-0.25, -0.2) is 0 Å². The smallest absolute Gasteiger partial charge is 0.159 e. The van der Waals surface area contributed by atoms with Crippen molar-refractivity contribution in [3.8, 4) is 5.75 Å². The average molecular weight is 206 g/mol. The summed E-state index contributed by atoms with van der Waals surface area (Å²) in [7, 11) is 0. The molecule has 1 aromatic rings. The van der Waals surface area contributed by atoms with Gasteiger partial charge in [-0.2, -0.15) is 0 Å². The number of carbonyl (C=O) groups excluding carboxylic acids is 1. The molecular formula is C13H18O2. The molecule has 0 N–H and O–H groups in total. The highest BCUT2D eigenvalue weighted by atomic mass is 16.5. The van der Waals surface area contributed by atoms with E-state index >= 15 is 0 Å². The predicted molar refractivity (Wildman–Crippen MR) is 61.6 cm³/mol. The molecule has 1 rings (SSSR count). The Bertz CT molecular complexity index is 373. The molecule has 0 fully saturated rings. The summed E-state index contributed by atoms with van der Waals surface area (Å²) in [5, 5.41) is 0. The Hall–Kier alpha value is -1.31. The average Bonchev–Trinajstić information content (AvgIpc) is 2.06. The number of benzene rings is 1. The van der Waals surface area contributed by atoms with E-state index in [0.717, 1.165) is 11.3 Å². The van der Waals surface area contributed by atoms with Crippen molar-refractivity contribution < 1.29 is 9.53 Å². The first-order valence-corrected chi connectivity index (χ1v) is 5.10. The number of rotatable bonds is 2. The minimum atomic E-state index is -0.236. The summed E-state index contributed by atoms with van der Waals surface area (Å²) in [6.07, 6.45) is 0. The van der Waals surface area contributed by atoms with Gasteiger partial charge in [0.2, 0.25) is 0 Å². The van der Waals surface area contributed by atoms with Gasteiger partial charge in [0.25, 0.3) is 0 Å². The number of Topliss-reactive ketones (excluding diaryl/α,β-unsaturated/α-hetero) is 1. The van der Waals surface area contributed by atoms with E-state index < -0.39 is 0 Å². The molecule has 0 amide bonds. The quantitative estimate of drug-likeness (QED) is 0.693. The van der Waals surface area contributed by atoms with Crippen LogP contribution < -0.4 is 4.74 Å². The molecule has 0 saturated carbocycles. The minimum absolute atomic E-state index is 0.0637. The zero-order valence-electron chi connectivity index (χ0n) is 10.0. The van der Waals surface area contributed by atoms with Crippen LogP contribution >= 0.6 is 0 Å². The zero-order chi connectivity index (χ0) is 11.6. The van der Waals surface area contributed by atoms with Gasteiger partial charge in [-0.05, 0) is 46.2 Å². The predicted octanol–water partition coefficient (Wildman–Crippen LogP) is 3.37. The van der Waals surface area contributed by atoms with E-state index in [9.17, 15) is 4.79 Å². The Labute approximate surface area is 91.3 Å². The maximum Gasteiger partial charge on any atom is 0.159 e. The van der Waals surface area contributed by atoms with E-state index in [4.69, 9.17) is 4.74 Å². The van der Waals surface area contributed by atoms with E-state index in [-0.39, 0.29) is 11.4 Å². The Kier molecular flexibility index (Phi) is 3.18. The Morgan fingerprint density at radius 3 is 2.33 bits per heavy atom. The van der Waals surface area contributed by atoms with Crippen LogP contribution in [0.3, 0.4) is 0 Å². The van der Waals surface area contributed by atoms with Gasteiger partial charge in [0.15, 0.2) is 5.78 Å². The lowest BCUT2D eigenvalue weighted by Crippen LogP contribution is -2.23. The number of hydrogen-bond donors (Lipinski definition) is 0. The topological polar surface area (TPSA) is 26.3 Å². The number of carbonyl (C=O) groups is 1. The van der Waals surface area contributed by atoms with Crippen molar-refractivity contribution in [3.63, 3.8) is 0 Å². The lowest BCUT2D eigenvalue weighted by molar-refractivity contribution is 0.101. The molecule has 0 spiro atoms. The van der Waals surface area contributed by atoms with Crippen LogP contribution in [0.4, 0.5) is 0 Å². The summed E-state index contributed by atoms with van der Waals surface area (Å²) in [4.78, 5) is 11.2. The third kappa shape index (κ3) is 3.39. The summed E-state index contributed by atoms with van der Waals surface area (Å²) in [5.41, 5.74) is 1.51. The first kappa shape index (κ1) is 11.8. The van der Waals surface area contributed by atoms with Crippen LogP contribution in [0.1, 0.15) is 43.6 Å². The molecule has 0 aliphatic rings. The minimum Gasteiger partial charge on any atom is -0.488 e. The number of aryl methyl sites for hydroxylation is 1. The second-order valence-corrected chi connectivity index (χ2v) is 4.75. The lowest BCUT2D eigenvalue weighted by atomic mass is 10.1. The lowest BCUT2D eigenvalue weighted by Gasteiger charge is -2.22. The fourth-order valence-electron chi connectivity index (χ4n) is 1.26. The maximum atomic E-state index is 11.2. The van der Waals surface area contributed by atoms with Gasteiger partial charge in [-0.15, -0.1) is 0 Å². The van der Waals surface area contributed by atoms with Crippen LogP contribution in [0.2, 0.25) is 0 Å². The molecule has 15 heavy (non-hydrogen) atoms. The molecular weight excluding hydrogens is 188 g/mol. The van der Waals surface area contributed by atoms with E-state index in [0.29, 0.717) is 5.56 Å². The normalized spacial score (nSPS) is 11.3. The SMILES string of the molecule is CC(=O)c1ccc(C)c(OC(C)(C)C)c1. The molecule has 0 aliphatic heterocycles. The van der Waals surface area contributed by atoms with Crippen LogP contribution in [0.25, 0.3) is 0 Å². The molecule has 0 radical (unpaired) electrons. The van der Waals surface area contributed by atoms with Gasteiger partial charge in [-0.3, -0.25) is 4.79 Å². The Morgan fingerprint density at radius 2 is 1.87 bits per heavy atom. The van der Waals surface area contributed by atoms with Gasteiger partial charge in [0.1, 0.15) is 11.4 Å². The second kappa shape index (κ2) is 4.05. The van der Waals surface area contributed by atoms with Crippen molar-refractivity contribution in [1.82, 2.24) is 0 Å². The zero-order valence-corrected chi connectivity index (χ0v) is 10.0. The molecule has 82 valence electrons. The molecule has 0 aliphatic carbocycles. The maximum absolute atomic E-state index is 11.2. The first-order chi connectivity index (χ1) is 6.79. The fraction of sp³-hybridized carbons (Fsp3) is 0.462. The monoisotopic (exact) mass is 206 g/mol. The summed E-state index contributed by atoms with van der Waals surface area (Å²) < 4.78 is 5.77. The number of ketones is 1. The molecule has 0 unspecified atom stereocenters. The van der Waals surface area contributed by atoms with Gasteiger partial charge in [0.05, 0.1) is 0 Å². The molecule has 2 nitrogen and oxygen atoms in total. The second-order valence-electron chi connectivity index (χ2n) is 4.75. The summed E-state index contributed by atoms with van der Waals surface area (Å²) in [6, 6.07) is 5.55. The van der Waals surface area contributed by atoms with Crippen molar-refractivity contribution in [2.75, 3.05) is 0 Å². The molecule has 2 heteroatoms. The van der Waals surface area contributed by atoms with Gasteiger partial charge in [0, 0.05) is 5.56 Å². The van der Waals surface area contributed by atoms with Crippen molar-refractivity contribution in [2.24, 2.45) is 0 Å². The van der Waals surface area contributed by atoms with Crippen molar-refractivity contribution in [2.45, 2.75) is 40.2 Å². The first-order valence-electron chi connectivity index (χ1n) is 5.10. The van der Waals surface area contributed by atoms with Crippen LogP contribution in [0.15, 0.2) is 18.2 Å². The number of hydrogen-bond acceptors (Lipinski definition) is 2. The highest BCUT2D eigenvalue weighted by molar-refractivity contribution is 5.94. The molecule has 0 saturated heterocycles. The Morgan fingerprint density at radius 1 is 1.27 bits per heavy atom. The molecule has 0 aromatic heterocycles. The van der Waals surface area contributed by atoms with Gasteiger partial charge >= 0.3 is 0 Å². The molecule has 1 aromatic carbocycles. The van der Waals surface area contributed by atoms with E-state index in [1.54, 1.807) is 6.92 Å². The largest absolute Gasteiger partial charge is 0.488 e. The van der Waals surface area contributed by atoms with Crippen LogP contribution in [0.5, 0.6) is 5.75 Å². The van der Waals surface area contributed by atoms with E-state index in [1.165, 1.54) is 0 Å². The highest BCUT2D eigenvalue weighted by Crippen LogP contribution is 2.24. The summed E-state index contributed by atoms with van der Waals surface area (Å²) in [6.45, 7) is 9.52. The van der Waals surface area contributed by atoms with Crippen molar-refractivity contribution in [1.29, 1.82) is 0 Å². The van der Waals surface area contributed by atoms with E-state index in [2.05, 4.69) is 0 Å². The Balaban J connectivity index is 3.06. The molecule has 0 atom stereocenters. The summed E-state index contributed by atoms with van der Waals surface area (Å²) in [5.74, 6) is 0.851. The highest BCUT2D eigenvalue weighted by Gasteiger charge is 2.14. The van der Waals surface area contributed by atoms with Crippen molar-refractivity contribution >= 4 is 5.78 Å². The number of ether oxygens (including phenoxy) is 1. The third-order valence-corrected chi connectivity index (χ3v) is 2.01.